The van der Waals surface area contributed by atoms with Crippen LogP contribution in [-0.4, -0.2) is 50.0 Å². The summed E-state index contributed by atoms with van der Waals surface area (Å²) in [6.45, 7) is 1.36. The Morgan fingerprint density at radius 3 is 2.25 bits per heavy atom. The lowest BCUT2D eigenvalue weighted by Gasteiger charge is -2.09. The molecule has 0 aromatic carbocycles. The van der Waals surface area contributed by atoms with Gasteiger partial charge in [0.2, 0.25) is 15.4 Å². The number of rotatable bonds is 3. The number of carbonyl (C=O) groups excluding carboxylic acids is 1. The molecule has 0 unspecified atom stereocenters. The van der Waals surface area contributed by atoms with Crippen molar-refractivity contribution in [3.63, 3.8) is 0 Å². The highest BCUT2D eigenvalue weighted by atomic mass is 32.2. The first-order valence-electron chi connectivity index (χ1n) is 4.27. The monoisotopic (exact) mass is 264 g/mol. The van der Waals surface area contributed by atoms with Gasteiger partial charge < -0.3 is 0 Å². The number of hydrogen-bond acceptors (Lipinski definition) is 6. The summed E-state index contributed by atoms with van der Waals surface area (Å²) in [5.41, 5.74) is 0. The fourth-order valence-corrected chi connectivity index (χ4v) is 2.87. The molecule has 1 aromatic heterocycles. The molecule has 1 rings (SSSR count). The van der Waals surface area contributed by atoms with Gasteiger partial charge in [-0.05, 0) is 0 Å². The Balaban J connectivity index is 3.10. The third-order valence-corrected chi connectivity index (χ3v) is 5.02. The van der Waals surface area contributed by atoms with Gasteiger partial charge in [-0.25, -0.2) is 12.7 Å². The van der Waals surface area contributed by atoms with E-state index in [1.54, 1.807) is 0 Å². The zero-order valence-corrected chi connectivity index (χ0v) is 11.0. The number of anilines is 1. The van der Waals surface area contributed by atoms with E-state index in [2.05, 4.69) is 10.2 Å². The summed E-state index contributed by atoms with van der Waals surface area (Å²) in [5, 5.41) is 7.47. The molecule has 0 N–H and O–H groups in total. The molecule has 0 bridgehead atoms. The number of hydrogen-bond donors (Lipinski definition) is 0. The van der Waals surface area contributed by atoms with E-state index in [1.807, 2.05) is 0 Å². The zero-order valence-electron chi connectivity index (χ0n) is 9.33. The Morgan fingerprint density at radius 2 is 1.81 bits per heavy atom. The highest BCUT2D eigenvalue weighted by Gasteiger charge is 2.24. The molecule has 0 fully saturated rings. The van der Waals surface area contributed by atoms with Crippen LogP contribution in [0.1, 0.15) is 6.92 Å². The molecule has 0 saturated heterocycles. The highest BCUT2D eigenvalue weighted by molar-refractivity contribution is 7.91. The Morgan fingerprint density at radius 1 is 1.25 bits per heavy atom. The van der Waals surface area contributed by atoms with E-state index in [-0.39, 0.29) is 15.4 Å². The van der Waals surface area contributed by atoms with E-state index >= 15 is 0 Å². The molecule has 0 saturated carbocycles. The summed E-state index contributed by atoms with van der Waals surface area (Å²) in [6, 6.07) is 0. The van der Waals surface area contributed by atoms with Gasteiger partial charge in [0.1, 0.15) is 0 Å². The van der Waals surface area contributed by atoms with Crippen molar-refractivity contribution >= 4 is 32.4 Å². The molecule has 0 aliphatic heterocycles. The Labute approximate surface area is 97.7 Å². The van der Waals surface area contributed by atoms with Crippen molar-refractivity contribution in [1.29, 1.82) is 0 Å². The molecule has 0 spiro atoms. The summed E-state index contributed by atoms with van der Waals surface area (Å²) in [6.07, 6.45) is 0. The maximum absolute atomic E-state index is 11.7. The smallest absolute Gasteiger partial charge is 0.271 e. The van der Waals surface area contributed by atoms with Crippen molar-refractivity contribution < 1.29 is 13.2 Å². The molecular weight excluding hydrogens is 252 g/mol. The topological polar surface area (TPSA) is 83.5 Å². The molecule has 1 aromatic rings. The normalized spacial score (nSPS) is 11.8. The third-order valence-electron chi connectivity index (χ3n) is 1.86. The van der Waals surface area contributed by atoms with Gasteiger partial charge in [-0.15, -0.1) is 10.2 Å². The molecule has 16 heavy (non-hydrogen) atoms. The fraction of sp³-hybridized carbons (Fsp3) is 0.571. The molecule has 9 heteroatoms. The van der Waals surface area contributed by atoms with Gasteiger partial charge in [0.15, 0.2) is 0 Å². The minimum atomic E-state index is -3.58. The van der Waals surface area contributed by atoms with Gasteiger partial charge in [-0.3, -0.25) is 9.69 Å². The van der Waals surface area contributed by atoms with Crippen LogP contribution in [0.5, 0.6) is 0 Å². The first-order valence-corrected chi connectivity index (χ1v) is 6.53. The lowest BCUT2D eigenvalue weighted by molar-refractivity contribution is -0.116. The molecule has 90 valence electrons. The van der Waals surface area contributed by atoms with Crippen LogP contribution in [0, 0.1) is 0 Å². The second-order valence-corrected chi connectivity index (χ2v) is 6.50. The Bertz CT molecular complexity index is 493. The SMILES string of the molecule is CC(=O)N(C)c1nnc(S(=O)(=O)N(C)C)s1. The largest absolute Gasteiger partial charge is 0.290 e. The lowest BCUT2D eigenvalue weighted by atomic mass is 10.6. The van der Waals surface area contributed by atoms with Crippen LogP contribution in [0.15, 0.2) is 4.34 Å². The number of sulfonamides is 1. The summed E-state index contributed by atoms with van der Waals surface area (Å²) in [5.74, 6) is -0.232. The van der Waals surface area contributed by atoms with Crippen LogP contribution >= 0.6 is 11.3 Å². The maximum atomic E-state index is 11.7. The molecule has 1 amide bonds. The Kier molecular flexibility index (Phi) is 3.61. The third kappa shape index (κ3) is 2.36. The maximum Gasteiger partial charge on any atom is 0.271 e. The van der Waals surface area contributed by atoms with Crippen LogP contribution in [0.25, 0.3) is 0 Å². The Hall–Kier alpha value is -1.06. The van der Waals surface area contributed by atoms with Crippen molar-refractivity contribution in [2.24, 2.45) is 0 Å². The minimum absolute atomic E-state index is 0.124. The van der Waals surface area contributed by atoms with E-state index in [9.17, 15) is 13.2 Å². The first kappa shape index (κ1) is 13.0. The van der Waals surface area contributed by atoms with E-state index in [0.29, 0.717) is 0 Å². The predicted molar refractivity (Wildman–Crippen MR) is 59.9 cm³/mol. The first-order chi connectivity index (χ1) is 7.26. The van der Waals surface area contributed by atoms with Gasteiger partial charge in [0, 0.05) is 28.1 Å². The van der Waals surface area contributed by atoms with Crippen LogP contribution in [0.4, 0.5) is 5.13 Å². The molecule has 7 nitrogen and oxygen atoms in total. The average Bonchev–Trinajstić information content (AvgIpc) is 2.65. The highest BCUT2D eigenvalue weighted by Crippen LogP contribution is 2.24. The van der Waals surface area contributed by atoms with Gasteiger partial charge in [-0.1, -0.05) is 11.3 Å². The summed E-state index contributed by atoms with van der Waals surface area (Å²) in [7, 11) is 0.749. The average molecular weight is 264 g/mol. The van der Waals surface area contributed by atoms with Crippen LogP contribution in [-0.2, 0) is 14.8 Å². The molecule has 0 aliphatic carbocycles. The van der Waals surface area contributed by atoms with Crippen molar-refractivity contribution in [2.45, 2.75) is 11.3 Å². The summed E-state index contributed by atoms with van der Waals surface area (Å²) >= 11 is 0.858. The molecule has 0 radical (unpaired) electrons. The van der Waals surface area contributed by atoms with Gasteiger partial charge in [0.25, 0.3) is 10.0 Å². The number of nitrogens with zero attached hydrogens (tertiary/aromatic N) is 4. The number of carbonyl (C=O) groups is 1. The minimum Gasteiger partial charge on any atom is -0.290 e. The molecule has 0 aliphatic rings. The second kappa shape index (κ2) is 4.44. The van der Waals surface area contributed by atoms with Gasteiger partial charge in [-0.2, -0.15) is 0 Å². The van der Waals surface area contributed by atoms with E-state index in [4.69, 9.17) is 0 Å². The molecular formula is C7H12N4O3S2. The zero-order chi connectivity index (χ0) is 12.5. The quantitative estimate of drug-likeness (QED) is 0.704. The van der Waals surface area contributed by atoms with Crippen molar-refractivity contribution in [1.82, 2.24) is 14.5 Å². The lowest BCUT2D eigenvalue weighted by Crippen LogP contribution is -2.22. The predicted octanol–water partition coefficient (Wildman–Crippen LogP) is -0.229. The van der Waals surface area contributed by atoms with Crippen molar-refractivity contribution in [3.8, 4) is 0 Å². The van der Waals surface area contributed by atoms with Crippen LogP contribution < -0.4 is 4.90 Å². The van der Waals surface area contributed by atoms with Crippen LogP contribution in [0.3, 0.4) is 0 Å². The number of aromatic nitrogens is 2. The van der Waals surface area contributed by atoms with Crippen LogP contribution in [0.2, 0.25) is 0 Å². The van der Waals surface area contributed by atoms with Gasteiger partial charge >= 0.3 is 0 Å². The van der Waals surface area contributed by atoms with Crippen molar-refractivity contribution in [2.75, 3.05) is 26.0 Å². The van der Waals surface area contributed by atoms with E-state index in [0.717, 1.165) is 15.6 Å². The summed E-state index contributed by atoms with van der Waals surface area (Å²) in [4.78, 5) is 12.3. The fourth-order valence-electron chi connectivity index (χ4n) is 0.733. The van der Waals surface area contributed by atoms with E-state index < -0.39 is 10.0 Å². The molecule has 0 atom stereocenters. The van der Waals surface area contributed by atoms with Gasteiger partial charge in [0.05, 0.1) is 0 Å². The van der Waals surface area contributed by atoms with Crippen molar-refractivity contribution in [3.05, 3.63) is 0 Å². The standard InChI is InChI=1S/C7H12N4O3S2/c1-5(12)11(4)6-8-9-7(15-6)16(13,14)10(2)3/h1-4H3. The van der Waals surface area contributed by atoms with E-state index in [1.165, 1.54) is 33.0 Å². The number of amides is 1. The second-order valence-electron chi connectivity index (χ2n) is 3.22. The molecule has 1 heterocycles. The summed E-state index contributed by atoms with van der Waals surface area (Å²) < 4.78 is 24.3.